The van der Waals surface area contributed by atoms with Gasteiger partial charge in [-0.05, 0) is 49.4 Å². The Balaban J connectivity index is 1.72. The molecular formula is C20H24N2O2. The molecule has 0 aliphatic carbocycles. The number of hydrogen-bond donors (Lipinski definition) is 2. The third kappa shape index (κ3) is 1.65. The highest BCUT2D eigenvalue weighted by Gasteiger charge is 2.52. The van der Waals surface area contributed by atoms with Crippen LogP contribution in [0.5, 0.6) is 5.75 Å². The predicted molar refractivity (Wildman–Crippen MR) is 94.0 cm³/mol. The molecule has 1 aromatic heterocycles. The number of nitrogens with zero attached hydrogens (tertiary/aromatic N) is 2. The van der Waals surface area contributed by atoms with E-state index in [2.05, 4.69) is 29.5 Å². The Kier molecular flexibility index (Phi) is 2.95. The zero-order valence-corrected chi connectivity index (χ0v) is 14.2. The maximum atomic E-state index is 10.0. The highest BCUT2D eigenvalue weighted by molar-refractivity contribution is 5.87. The molecule has 5 heterocycles. The van der Waals surface area contributed by atoms with Crippen molar-refractivity contribution in [1.29, 1.82) is 0 Å². The van der Waals surface area contributed by atoms with E-state index in [1.807, 2.05) is 12.1 Å². The number of aryl methyl sites for hydroxylation is 1. The van der Waals surface area contributed by atoms with Crippen molar-refractivity contribution in [2.24, 2.45) is 18.9 Å². The third-order valence-electron chi connectivity index (χ3n) is 6.80. The number of aromatic nitrogens is 1. The molecule has 0 amide bonds. The fourth-order valence-electron chi connectivity index (χ4n) is 5.75. The topological polar surface area (TPSA) is 48.6 Å². The first-order valence-electron chi connectivity index (χ1n) is 8.96. The average Bonchev–Trinajstić information content (AvgIpc) is 2.86. The monoisotopic (exact) mass is 324 g/mol. The molecule has 4 aliphatic rings. The zero-order chi connectivity index (χ0) is 16.6. The molecule has 24 heavy (non-hydrogen) atoms. The van der Waals surface area contributed by atoms with Crippen LogP contribution in [0.4, 0.5) is 0 Å². The first-order chi connectivity index (χ1) is 11.6. The molecule has 3 fully saturated rings. The predicted octanol–water partition coefficient (Wildman–Crippen LogP) is 2.74. The van der Waals surface area contributed by atoms with Crippen molar-refractivity contribution in [2.75, 3.05) is 13.2 Å². The minimum Gasteiger partial charge on any atom is -0.508 e. The molecule has 0 spiro atoms. The van der Waals surface area contributed by atoms with E-state index in [1.165, 1.54) is 27.7 Å². The Bertz CT molecular complexity index is 866. The Labute approximate surface area is 142 Å². The van der Waals surface area contributed by atoms with E-state index in [0.717, 1.165) is 19.4 Å². The molecule has 1 aromatic carbocycles. The van der Waals surface area contributed by atoms with Crippen LogP contribution in [0.2, 0.25) is 0 Å². The number of fused-ring (bicyclic) bond motifs is 4. The van der Waals surface area contributed by atoms with Gasteiger partial charge in [-0.3, -0.25) is 4.90 Å². The number of benzene rings is 1. The van der Waals surface area contributed by atoms with Crippen LogP contribution < -0.4 is 0 Å². The van der Waals surface area contributed by atoms with Crippen molar-refractivity contribution in [1.82, 2.24) is 9.47 Å². The number of rotatable bonds is 1. The van der Waals surface area contributed by atoms with Crippen LogP contribution in [-0.2, 0) is 13.5 Å². The summed E-state index contributed by atoms with van der Waals surface area (Å²) in [5.74, 6) is 1.19. The van der Waals surface area contributed by atoms with Gasteiger partial charge in [0.05, 0.1) is 6.04 Å². The summed E-state index contributed by atoms with van der Waals surface area (Å²) in [6, 6.07) is 6.58. The van der Waals surface area contributed by atoms with Crippen molar-refractivity contribution in [3.8, 4) is 5.75 Å². The van der Waals surface area contributed by atoms with Gasteiger partial charge in [-0.25, -0.2) is 0 Å². The van der Waals surface area contributed by atoms with Crippen LogP contribution >= 0.6 is 0 Å². The molecule has 3 saturated heterocycles. The Morgan fingerprint density at radius 1 is 1.33 bits per heavy atom. The number of phenolic OH excluding ortho intramolecular Hbond substituents is 1. The average molecular weight is 324 g/mol. The second-order valence-corrected chi connectivity index (χ2v) is 7.64. The molecule has 1 unspecified atom stereocenters. The molecule has 5 atom stereocenters. The lowest BCUT2D eigenvalue weighted by Crippen LogP contribution is -2.61. The molecule has 4 bridgehead atoms. The first kappa shape index (κ1) is 14.6. The summed E-state index contributed by atoms with van der Waals surface area (Å²) in [4.78, 5) is 2.62. The lowest BCUT2D eigenvalue weighted by molar-refractivity contribution is -0.0513. The number of aromatic hydroxyl groups is 1. The van der Waals surface area contributed by atoms with Gasteiger partial charge in [0.15, 0.2) is 0 Å². The van der Waals surface area contributed by atoms with Crippen molar-refractivity contribution in [2.45, 2.75) is 31.8 Å². The van der Waals surface area contributed by atoms with Gasteiger partial charge in [0, 0.05) is 48.8 Å². The number of aliphatic hydroxyl groups is 1. The lowest BCUT2D eigenvalue weighted by Gasteiger charge is -2.58. The third-order valence-corrected chi connectivity index (χ3v) is 6.80. The minimum atomic E-state index is 0.265. The van der Waals surface area contributed by atoms with Crippen LogP contribution in [0, 0.1) is 11.8 Å². The molecule has 0 saturated carbocycles. The van der Waals surface area contributed by atoms with E-state index in [9.17, 15) is 10.2 Å². The Hall–Kier alpha value is -1.78. The molecule has 126 valence electrons. The summed E-state index contributed by atoms with van der Waals surface area (Å²) >= 11 is 0. The molecule has 4 nitrogen and oxygen atoms in total. The summed E-state index contributed by atoms with van der Waals surface area (Å²) in [7, 11) is 2.15. The van der Waals surface area contributed by atoms with Crippen LogP contribution in [-0.4, -0.2) is 38.9 Å². The molecule has 4 aliphatic heterocycles. The van der Waals surface area contributed by atoms with Crippen molar-refractivity contribution >= 4 is 10.9 Å². The van der Waals surface area contributed by atoms with Gasteiger partial charge in [0.1, 0.15) is 5.75 Å². The van der Waals surface area contributed by atoms with E-state index in [1.54, 1.807) is 6.07 Å². The number of phenols is 1. The van der Waals surface area contributed by atoms with Crippen molar-refractivity contribution in [3.63, 3.8) is 0 Å². The quantitative estimate of drug-likeness (QED) is 0.793. The lowest BCUT2D eigenvalue weighted by atomic mass is 9.64. The van der Waals surface area contributed by atoms with Gasteiger partial charge >= 0.3 is 0 Å². The molecular weight excluding hydrogens is 300 g/mol. The van der Waals surface area contributed by atoms with Gasteiger partial charge in [-0.15, -0.1) is 0 Å². The maximum absolute atomic E-state index is 10.0. The summed E-state index contributed by atoms with van der Waals surface area (Å²) < 4.78 is 2.33. The summed E-state index contributed by atoms with van der Waals surface area (Å²) in [6.07, 6.45) is 4.34. The fraction of sp³-hybridized carbons (Fsp3) is 0.500. The number of hydrogen-bond acceptors (Lipinski definition) is 3. The van der Waals surface area contributed by atoms with Gasteiger partial charge in [-0.2, -0.15) is 0 Å². The highest BCUT2D eigenvalue weighted by Crippen LogP contribution is 2.54. The number of aliphatic hydroxyl groups excluding tert-OH is 1. The van der Waals surface area contributed by atoms with Crippen LogP contribution in [0.1, 0.15) is 30.6 Å². The maximum Gasteiger partial charge on any atom is 0.116 e. The van der Waals surface area contributed by atoms with E-state index >= 15 is 0 Å². The molecule has 2 N–H and O–H groups in total. The second kappa shape index (κ2) is 4.87. The SMILES string of the molecule is CC=C1CN2[C@@H]3Cc4c(n(C)c5ccc(O)cc45)[C@@H]2C[C@@H]1[C@H]3CO. The molecule has 2 aromatic rings. The molecule has 0 radical (unpaired) electrons. The first-order valence-corrected chi connectivity index (χ1v) is 8.96. The van der Waals surface area contributed by atoms with Crippen LogP contribution in [0.3, 0.4) is 0 Å². The van der Waals surface area contributed by atoms with Gasteiger partial charge in [0.2, 0.25) is 0 Å². The summed E-state index contributed by atoms with van der Waals surface area (Å²) in [5, 5.41) is 21.2. The van der Waals surface area contributed by atoms with Crippen molar-refractivity contribution < 1.29 is 10.2 Å². The Morgan fingerprint density at radius 3 is 2.92 bits per heavy atom. The van der Waals surface area contributed by atoms with Crippen LogP contribution in [0.15, 0.2) is 29.8 Å². The largest absolute Gasteiger partial charge is 0.508 e. The van der Waals surface area contributed by atoms with E-state index < -0.39 is 0 Å². The summed E-state index contributed by atoms with van der Waals surface area (Å²) in [5.41, 5.74) is 5.51. The standard InChI is InChI=1S/C20H24N2O2/c1-3-11-9-22-18-8-15-14-6-12(24)4-5-17(14)21(2)20(15)19(22)7-13(11)16(18)10-23/h3-6,13,16,18-19,23-24H,7-10H2,1-2H3/t13-,16+,18+,19-/m0/s1. The zero-order valence-electron chi connectivity index (χ0n) is 14.2. The van der Waals surface area contributed by atoms with Gasteiger partial charge < -0.3 is 14.8 Å². The van der Waals surface area contributed by atoms with Gasteiger partial charge in [0.25, 0.3) is 0 Å². The number of piperidine rings is 3. The van der Waals surface area contributed by atoms with E-state index in [0.29, 0.717) is 29.7 Å². The summed E-state index contributed by atoms with van der Waals surface area (Å²) in [6.45, 7) is 3.44. The highest BCUT2D eigenvalue weighted by atomic mass is 16.3. The molecule has 6 rings (SSSR count). The minimum absolute atomic E-state index is 0.265. The molecule has 4 heteroatoms. The van der Waals surface area contributed by atoms with E-state index in [4.69, 9.17) is 0 Å². The second-order valence-electron chi connectivity index (χ2n) is 7.64. The van der Waals surface area contributed by atoms with Gasteiger partial charge in [-0.1, -0.05) is 11.6 Å². The number of allylic oxidation sites excluding steroid dienone is 1. The smallest absolute Gasteiger partial charge is 0.116 e. The fourth-order valence-corrected chi connectivity index (χ4v) is 5.75. The Morgan fingerprint density at radius 2 is 2.17 bits per heavy atom. The van der Waals surface area contributed by atoms with Crippen molar-refractivity contribution in [3.05, 3.63) is 41.1 Å². The van der Waals surface area contributed by atoms with Crippen LogP contribution in [0.25, 0.3) is 10.9 Å². The van der Waals surface area contributed by atoms with E-state index in [-0.39, 0.29) is 6.61 Å². The normalized spacial score (nSPS) is 35.6.